The monoisotopic (exact) mass is 307 g/mol. The van der Waals surface area contributed by atoms with E-state index in [-0.39, 0.29) is 11.9 Å². The summed E-state index contributed by atoms with van der Waals surface area (Å²) in [4.78, 5) is 12.3. The molecule has 116 valence electrons. The molecule has 1 heterocycles. The van der Waals surface area contributed by atoms with Crippen LogP contribution in [-0.2, 0) is 0 Å². The minimum Gasteiger partial charge on any atom is -0.403 e. The van der Waals surface area contributed by atoms with Gasteiger partial charge in [0, 0.05) is 11.1 Å². The van der Waals surface area contributed by atoms with Crippen molar-refractivity contribution < 1.29 is 9.21 Å². The standard InChI is InChI=1S/C18H17N3O2/c1-11-8-9-15(13(3)10-11)17-20-21-18(23-17)19-16(22)14-7-5-4-6-12(14)2/h4-10H,1-3H3,(H,19,21,22). The molecule has 0 spiro atoms. The van der Waals surface area contributed by atoms with Gasteiger partial charge in [-0.3, -0.25) is 10.1 Å². The number of anilines is 1. The lowest BCUT2D eigenvalue weighted by molar-refractivity contribution is 0.102. The van der Waals surface area contributed by atoms with Gasteiger partial charge in [0.15, 0.2) is 0 Å². The normalized spacial score (nSPS) is 10.6. The molecule has 5 heteroatoms. The molecule has 1 N–H and O–H groups in total. The van der Waals surface area contributed by atoms with Crippen LogP contribution in [0.5, 0.6) is 0 Å². The predicted molar refractivity (Wildman–Crippen MR) is 88.3 cm³/mol. The highest BCUT2D eigenvalue weighted by Gasteiger charge is 2.15. The SMILES string of the molecule is Cc1ccc(-c2nnc(NC(=O)c3ccccc3C)o2)c(C)c1. The molecule has 2 aromatic carbocycles. The maximum Gasteiger partial charge on any atom is 0.322 e. The van der Waals surface area contributed by atoms with Crippen LogP contribution in [0.2, 0.25) is 0 Å². The van der Waals surface area contributed by atoms with Crippen molar-refractivity contribution in [2.45, 2.75) is 20.8 Å². The van der Waals surface area contributed by atoms with Gasteiger partial charge in [-0.1, -0.05) is 41.0 Å². The maximum atomic E-state index is 12.3. The van der Waals surface area contributed by atoms with Crippen molar-refractivity contribution in [2.75, 3.05) is 5.32 Å². The summed E-state index contributed by atoms with van der Waals surface area (Å²) in [5.74, 6) is 0.126. The molecule has 0 bridgehead atoms. The summed E-state index contributed by atoms with van der Waals surface area (Å²) >= 11 is 0. The van der Waals surface area contributed by atoms with Crippen LogP contribution < -0.4 is 5.32 Å². The number of hydrogen-bond acceptors (Lipinski definition) is 4. The van der Waals surface area contributed by atoms with E-state index in [2.05, 4.69) is 15.5 Å². The highest BCUT2D eigenvalue weighted by molar-refractivity contribution is 6.04. The van der Waals surface area contributed by atoms with Gasteiger partial charge in [0.05, 0.1) is 0 Å². The molecular weight excluding hydrogens is 290 g/mol. The molecular formula is C18H17N3O2. The second-order valence-electron chi connectivity index (χ2n) is 5.50. The summed E-state index contributed by atoms with van der Waals surface area (Å²) in [5.41, 5.74) is 4.54. The van der Waals surface area contributed by atoms with Gasteiger partial charge in [-0.2, -0.15) is 0 Å². The largest absolute Gasteiger partial charge is 0.403 e. The summed E-state index contributed by atoms with van der Waals surface area (Å²) < 4.78 is 5.57. The molecule has 23 heavy (non-hydrogen) atoms. The molecule has 0 saturated carbocycles. The minimum absolute atomic E-state index is 0.0910. The summed E-state index contributed by atoms with van der Waals surface area (Å²) in [7, 11) is 0. The summed E-state index contributed by atoms with van der Waals surface area (Å²) in [6.45, 7) is 5.89. The lowest BCUT2D eigenvalue weighted by Crippen LogP contribution is -2.13. The Kier molecular flexibility index (Phi) is 3.93. The zero-order valence-electron chi connectivity index (χ0n) is 13.3. The molecule has 0 aliphatic rings. The molecule has 5 nitrogen and oxygen atoms in total. The lowest BCUT2D eigenvalue weighted by atomic mass is 10.1. The third-order valence-corrected chi connectivity index (χ3v) is 3.65. The van der Waals surface area contributed by atoms with E-state index in [4.69, 9.17) is 4.42 Å². The molecule has 0 radical (unpaired) electrons. The number of carbonyl (C=O) groups excluding carboxylic acids is 1. The molecule has 1 amide bonds. The molecule has 0 aliphatic carbocycles. The Bertz CT molecular complexity index is 868. The average Bonchev–Trinajstić information content (AvgIpc) is 2.95. The van der Waals surface area contributed by atoms with Crippen LogP contribution in [0.1, 0.15) is 27.0 Å². The van der Waals surface area contributed by atoms with E-state index in [1.165, 1.54) is 5.56 Å². The topological polar surface area (TPSA) is 68.0 Å². The van der Waals surface area contributed by atoms with E-state index < -0.39 is 0 Å². The fourth-order valence-electron chi connectivity index (χ4n) is 2.43. The molecule has 3 aromatic rings. The van der Waals surface area contributed by atoms with E-state index in [1.807, 2.05) is 57.2 Å². The number of aryl methyl sites for hydroxylation is 3. The number of hydrogen-bond donors (Lipinski definition) is 1. The molecule has 0 saturated heterocycles. The fraction of sp³-hybridized carbons (Fsp3) is 0.167. The van der Waals surface area contributed by atoms with E-state index >= 15 is 0 Å². The van der Waals surface area contributed by atoms with Gasteiger partial charge >= 0.3 is 6.01 Å². The summed E-state index contributed by atoms with van der Waals surface area (Å²) in [6.07, 6.45) is 0. The first kappa shape index (κ1) is 15.0. The van der Waals surface area contributed by atoms with Crippen LogP contribution in [0.25, 0.3) is 11.5 Å². The highest BCUT2D eigenvalue weighted by atomic mass is 16.4. The van der Waals surface area contributed by atoms with Crippen molar-refractivity contribution >= 4 is 11.9 Å². The van der Waals surface area contributed by atoms with Gasteiger partial charge in [-0.05, 0) is 44.0 Å². The van der Waals surface area contributed by atoms with Gasteiger partial charge in [0.1, 0.15) is 0 Å². The van der Waals surface area contributed by atoms with Crippen LogP contribution >= 0.6 is 0 Å². The first-order chi connectivity index (χ1) is 11.0. The van der Waals surface area contributed by atoms with Crippen LogP contribution in [0.4, 0.5) is 6.01 Å². The smallest absolute Gasteiger partial charge is 0.322 e. The Balaban J connectivity index is 1.82. The van der Waals surface area contributed by atoms with Gasteiger partial charge in [-0.15, -0.1) is 5.10 Å². The third-order valence-electron chi connectivity index (χ3n) is 3.65. The fourth-order valence-corrected chi connectivity index (χ4v) is 2.43. The minimum atomic E-state index is -0.265. The van der Waals surface area contributed by atoms with Crippen LogP contribution in [-0.4, -0.2) is 16.1 Å². The number of carbonyl (C=O) groups is 1. The number of amides is 1. The van der Waals surface area contributed by atoms with Crippen molar-refractivity contribution in [1.82, 2.24) is 10.2 Å². The molecule has 0 unspecified atom stereocenters. The molecule has 1 aromatic heterocycles. The van der Waals surface area contributed by atoms with Crippen molar-refractivity contribution in [1.29, 1.82) is 0 Å². The van der Waals surface area contributed by atoms with Crippen molar-refractivity contribution in [3.63, 3.8) is 0 Å². The number of aromatic nitrogens is 2. The first-order valence-corrected chi connectivity index (χ1v) is 7.32. The Morgan fingerprint density at radius 1 is 1.00 bits per heavy atom. The Hall–Kier alpha value is -2.95. The second-order valence-corrected chi connectivity index (χ2v) is 5.50. The molecule has 0 atom stereocenters. The summed E-state index contributed by atoms with van der Waals surface area (Å²) in [5, 5.41) is 10.6. The van der Waals surface area contributed by atoms with E-state index in [9.17, 15) is 4.79 Å². The summed E-state index contributed by atoms with van der Waals surface area (Å²) in [6, 6.07) is 13.4. The average molecular weight is 307 g/mol. The van der Waals surface area contributed by atoms with Crippen LogP contribution in [0.3, 0.4) is 0 Å². The zero-order chi connectivity index (χ0) is 16.4. The third kappa shape index (κ3) is 3.13. The van der Waals surface area contributed by atoms with Crippen molar-refractivity contribution in [3.05, 3.63) is 64.7 Å². The number of nitrogens with zero attached hydrogens (tertiary/aromatic N) is 2. The quantitative estimate of drug-likeness (QED) is 0.796. The molecule has 3 rings (SSSR count). The van der Waals surface area contributed by atoms with Gasteiger partial charge < -0.3 is 4.42 Å². The number of nitrogens with one attached hydrogen (secondary N) is 1. The van der Waals surface area contributed by atoms with Crippen molar-refractivity contribution in [3.8, 4) is 11.5 Å². The van der Waals surface area contributed by atoms with Crippen LogP contribution in [0.15, 0.2) is 46.9 Å². The number of benzene rings is 2. The highest BCUT2D eigenvalue weighted by Crippen LogP contribution is 2.24. The van der Waals surface area contributed by atoms with Gasteiger partial charge in [0.25, 0.3) is 5.91 Å². The molecule has 0 fully saturated rings. The van der Waals surface area contributed by atoms with Crippen LogP contribution in [0, 0.1) is 20.8 Å². The predicted octanol–water partition coefficient (Wildman–Crippen LogP) is 3.91. The van der Waals surface area contributed by atoms with Crippen molar-refractivity contribution in [2.24, 2.45) is 0 Å². The second kappa shape index (κ2) is 6.04. The molecule has 0 aliphatic heterocycles. The zero-order valence-corrected chi connectivity index (χ0v) is 13.3. The van der Waals surface area contributed by atoms with E-state index in [0.29, 0.717) is 11.5 Å². The maximum absolute atomic E-state index is 12.3. The first-order valence-electron chi connectivity index (χ1n) is 7.32. The Morgan fingerprint density at radius 2 is 1.78 bits per heavy atom. The lowest BCUT2D eigenvalue weighted by Gasteiger charge is -2.04. The van der Waals surface area contributed by atoms with Gasteiger partial charge in [0.2, 0.25) is 5.89 Å². The number of rotatable bonds is 3. The Labute approximate surface area is 134 Å². The Morgan fingerprint density at radius 3 is 2.52 bits per heavy atom. The van der Waals surface area contributed by atoms with Gasteiger partial charge in [-0.25, -0.2) is 0 Å². The van der Waals surface area contributed by atoms with E-state index in [0.717, 1.165) is 16.7 Å². The van der Waals surface area contributed by atoms with E-state index in [1.54, 1.807) is 6.07 Å².